The van der Waals surface area contributed by atoms with Crippen LogP contribution in [0.3, 0.4) is 0 Å². The van der Waals surface area contributed by atoms with Crippen molar-refractivity contribution in [2.24, 2.45) is 0 Å². The van der Waals surface area contributed by atoms with Gasteiger partial charge in [-0.1, -0.05) is 109 Å². The van der Waals surface area contributed by atoms with E-state index in [1.165, 1.54) is 0 Å². The van der Waals surface area contributed by atoms with Gasteiger partial charge in [-0.2, -0.15) is 0 Å². The molecule has 0 N–H and O–H groups in total. The van der Waals surface area contributed by atoms with Crippen LogP contribution in [0.15, 0.2) is 268 Å². The molecular formula is C76H56O8S2. The van der Waals surface area contributed by atoms with E-state index in [9.17, 15) is 16.8 Å². The predicted molar refractivity (Wildman–Crippen MR) is 338 cm³/mol. The molecule has 0 saturated carbocycles. The summed E-state index contributed by atoms with van der Waals surface area (Å²) >= 11 is 0. The van der Waals surface area contributed by atoms with Gasteiger partial charge in [-0.25, -0.2) is 16.8 Å². The molecule has 0 amide bonds. The van der Waals surface area contributed by atoms with Gasteiger partial charge in [-0.05, 0) is 248 Å². The van der Waals surface area contributed by atoms with Crippen molar-refractivity contribution < 1.29 is 35.8 Å². The van der Waals surface area contributed by atoms with Crippen LogP contribution in [-0.4, -0.2) is 16.8 Å². The van der Waals surface area contributed by atoms with Crippen LogP contribution in [0.2, 0.25) is 0 Å². The molecule has 1 aliphatic rings. The molecule has 0 atom stereocenters. The third-order valence-corrected chi connectivity index (χ3v) is 18.9. The monoisotopic (exact) mass is 1160 g/mol. The number of aryl methyl sites for hydroxylation is 4. The van der Waals surface area contributed by atoms with Crippen LogP contribution in [-0.2, 0) is 25.1 Å². The van der Waals surface area contributed by atoms with Crippen molar-refractivity contribution in [1.82, 2.24) is 0 Å². The molecule has 1 aliphatic carbocycles. The first kappa shape index (κ1) is 56.1. The van der Waals surface area contributed by atoms with E-state index >= 15 is 0 Å². The highest BCUT2D eigenvalue weighted by Crippen LogP contribution is 2.56. The number of sulfone groups is 2. The normalized spacial score (nSPS) is 12.1. The second kappa shape index (κ2) is 23.4. The first-order valence-electron chi connectivity index (χ1n) is 27.9. The van der Waals surface area contributed by atoms with E-state index in [0.717, 1.165) is 50.1 Å². The third-order valence-electron chi connectivity index (χ3n) is 15.4. The highest BCUT2D eigenvalue weighted by molar-refractivity contribution is 7.91. The van der Waals surface area contributed by atoms with Crippen molar-refractivity contribution in [3.8, 4) is 80.8 Å². The van der Waals surface area contributed by atoms with Gasteiger partial charge in [-0.15, -0.1) is 5.92 Å². The Hall–Kier alpha value is -10.4. The molecule has 0 saturated heterocycles. The minimum atomic E-state index is -3.90. The van der Waals surface area contributed by atoms with Crippen LogP contribution in [0.5, 0.6) is 46.0 Å². The lowest BCUT2D eigenvalue weighted by atomic mass is 9.68. The topological polar surface area (TPSA) is 105 Å². The Morgan fingerprint density at radius 2 is 0.605 bits per heavy atom. The molecule has 11 aromatic carbocycles. The van der Waals surface area contributed by atoms with Gasteiger partial charge >= 0.3 is 0 Å². The highest BCUT2D eigenvalue weighted by atomic mass is 32.2. The number of fused-ring (bicyclic) bond motifs is 3. The summed E-state index contributed by atoms with van der Waals surface area (Å²) in [6.45, 7) is 9.11. The Labute approximate surface area is 502 Å². The maximum Gasteiger partial charge on any atom is 0.206 e. The minimum Gasteiger partial charge on any atom is -0.457 e. The van der Waals surface area contributed by atoms with Crippen LogP contribution in [0.25, 0.3) is 11.1 Å². The van der Waals surface area contributed by atoms with Crippen LogP contribution in [0.4, 0.5) is 0 Å². The molecule has 12 rings (SSSR count). The van der Waals surface area contributed by atoms with E-state index in [2.05, 4.69) is 96.5 Å². The van der Waals surface area contributed by atoms with Crippen LogP contribution in [0, 0.1) is 51.4 Å². The second-order valence-corrected chi connectivity index (χ2v) is 25.0. The molecule has 11 aromatic rings. The van der Waals surface area contributed by atoms with Gasteiger partial charge in [0.2, 0.25) is 19.7 Å². The summed E-state index contributed by atoms with van der Waals surface area (Å²) in [5, 5.41) is 0. The van der Waals surface area contributed by atoms with E-state index in [1.807, 2.05) is 131 Å². The van der Waals surface area contributed by atoms with E-state index in [0.29, 0.717) is 68.2 Å². The third kappa shape index (κ3) is 11.0. The largest absolute Gasteiger partial charge is 0.457 e. The van der Waals surface area contributed by atoms with Gasteiger partial charge in [0.05, 0.1) is 25.0 Å². The maximum atomic E-state index is 14.1. The number of ether oxygens (including phenoxy) is 4. The Balaban J connectivity index is 0.754. The molecular weight excluding hydrogens is 1100 g/mol. The molecule has 86 heavy (non-hydrogen) atoms. The lowest BCUT2D eigenvalue weighted by molar-refractivity contribution is 0.477. The summed E-state index contributed by atoms with van der Waals surface area (Å²) < 4.78 is 81.5. The zero-order chi connectivity index (χ0) is 59.6. The van der Waals surface area contributed by atoms with Gasteiger partial charge in [-0.3, -0.25) is 0 Å². The lowest BCUT2D eigenvalue weighted by Gasteiger charge is -2.34. The van der Waals surface area contributed by atoms with Crippen molar-refractivity contribution in [3.05, 3.63) is 310 Å². The van der Waals surface area contributed by atoms with Gasteiger partial charge in [0.25, 0.3) is 0 Å². The summed E-state index contributed by atoms with van der Waals surface area (Å²) in [4.78, 5) is 0.616. The zero-order valence-electron chi connectivity index (χ0n) is 47.8. The zero-order valence-corrected chi connectivity index (χ0v) is 49.4. The van der Waals surface area contributed by atoms with Gasteiger partial charge in [0.1, 0.15) is 46.0 Å². The van der Waals surface area contributed by atoms with E-state index in [4.69, 9.17) is 18.9 Å². The van der Waals surface area contributed by atoms with E-state index in [-0.39, 0.29) is 19.6 Å². The molecule has 10 heteroatoms. The fraction of sp³-hybridized carbons (Fsp3) is 0.0789. The molecule has 0 fully saturated rings. The molecule has 0 bridgehead atoms. The molecule has 420 valence electrons. The predicted octanol–water partition coefficient (Wildman–Crippen LogP) is 17.9. The molecule has 0 heterocycles. The summed E-state index contributed by atoms with van der Waals surface area (Å²) in [6, 6.07) is 77.4. The lowest BCUT2D eigenvalue weighted by Crippen LogP contribution is -2.28. The second-order valence-electron chi connectivity index (χ2n) is 21.1. The standard InChI is InChI=1S/C76H56O8S2/c1-6-14-55-23-31-60(32-24-55)81-72-43-39-64(47-51(72)2)85(77,78)66-41-45-74(53(4)49-66)83-62-35-27-58(28-36-62)76(70-19-12-10-17-68(70)69-18-11-13-20-71(69)76)59-29-37-63(38-30-59)84-75-46-42-67(50-54(75)5)86(79,80)65-40-44-73(52(3)48-65)82-61-33-25-57(26-34-61)22-21-56-15-8-7-9-16-56/h7-13,15-20,23-50H,1-5H3. The molecule has 8 nitrogen and oxygen atoms in total. The van der Waals surface area contributed by atoms with Gasteiger partial charge < -0.3 is 18.9 Å². The fourth-order valence-electron chi connectivity index (χ4n) is 11.0. The van der Waals surface area contributed by atoms with Crippen LogP contribution >= 0.6 is 0 Å². The SMILES string of the molecule is CC#Cc1ccc(Oc2ccc(S(=O)(=O)c3ccc(Oc4ccc(C5(c6ccc(Oc7ccc(S(=O)(=O)c8ccc(Oc9ccc(C#Cc%10ccccc%10)cc9)c(C)c8)cc7C)cc6)c6ccccc6-c6ccccc65)cc4)c(C)c3)cc2C)cc1. The van der Waals surface area contributed by atoms with Gasteiger partial charge in [0.15, 0.2) is 0 Å². The van der Waals surface area contributed by atoms with Crippen molar-refractivity contribution >= 4 is 19.7 Å². The van der Waals surface area contributed by atoms with E-state index < -0.39 is 25.1 Å². The quantitative estimate of drug-likeness (QED) is 0.0992. The van der Waals surface area contributed by atoms with Crippen molar-refractivity contribution in [1.29, 1.82) is 0 Å². The number of rotatable bonds is 14. The van der Waals surface area contributed by atoms with E-state index in [1.54, 1.807) is 79.7 Å². The average Bonchev–Trinajstić information content (AvgIpc) is 1.59. The Morgan fingerprint density at radius 3 is 0.930 bits per heavy atom. The Morgan fingerprint density at radius 1 is 0.314 bits per heavy atom. The summed E-state index contributed by atoms with van der Waals surface area (Å²) in [6.07, 6.45) is 0. The first-order chi connectivity index (χ1) is 41.7. The average molecular weight is 1160 g/mol. The fourth-order valence-corrected chi connectivity index (χ4v) is 13.8. The highest BCUT2D eigenvalue weighted by Gasteiger charge is 2.46. The maximum absolute atomic E-state index is 14.1. The number of hydrogen-bond acceptors (Lipinski definition) is 8. The molecule has 0 radical (unpaired) electrons. The minimum absolute atomic E-state index is 0.149. The molecule has 0 aromatic heterocycles. The summed E-state index contributed by atoms with van der Waals surface area (Å²) in [5.74, 6) is 16.8. The molecule has 0 unspecified atom stereocenters. The number of benzene rings is 11. The van der Waals surface area contributed by atoms with Gasteiger partial charge in [0, 0.05) is 16.7 Å². The van der Waals surface area contributed by atoms with Crippen molar-refractivity contribution in [2.45, 2.75) is 59.6 Å². The Bertz CT molecular complexity index is 4720. The summed E-state index contributed by atoms with van der Waals surface area (Å²) in [7, 11) is -7.78. The smallest absolute Gasteiger partial charge is 0.206 e. The number of hydrogen-bond donors (Lipinski definition) is 0. The van der Waals surface area contributed by atoms with Crippen molar-refractivity contribution in [2.75, 3.05) is 0 Å². The molecule has 0 spiro atoms. The van der Waals surface area contributed by atoms with Crippen LogP contribution in [0.1, 0.15) is 68.1 Å². The molecule has 0 aliphatic heterocycles. The summed E-state index contributed by atoms with van der Waals surface area (Å²) in [5.41, 5.74) is 11.1. The first-order valence-corrected chi connectivity index (χ1v) is 30.9. The Kier molecular flexibility index (Phi) is 15.2. The van der Waals surface area contributed by atoms with Crippen LogP contribution < -0.4 is 18.9 Å². The van der Waals surface area contributed by atoms with Crippen molar-refractivity contribution in [3.63, 3.8) is 0 Å².